The van der Waals surface area contributed by atoms with Gasteiger partial charge in [0, 0.05) is 16.9 Å². The molecule has 0 spiro atoms. The second kappa shape index (κ2) is 5.86. The molecule has 1 unspecified atom stereocenters. The van der Waals surface area contributed by atoms with Gasteiger partial charge in [-0.25, -0.2) is 15.4 Å². The molecule has 2 aromatic rings. The Bertz CT molecular complexity index is 475. The predicted molar refractivity (Wildman–Crippen MR) is 69.9 cm³/mol. The summed E-state index contributed by atoms with van der Waals surface area (Å²) in [6, 6.07) is 9.82. The number of benzene rings is 1. The van der Waals surface area contributed by atoms with Crippen LogP contribution in [0.25, 0.3) is 0 Å². The van der Waals surface area contributed by atoms with E-state index in [9.17, 15) is 0 Å². The van der Waals surface area contributed by atoms with Gasteiger partial charge in [-0.2, -0.15) is 0 Å². The molecule has 0 aliphatic rings. The number of rotatable bonds is 4. The van der Waals surface area contributed by atoms with Gasteiger partial charge < -0.3 is 0 Å². The van der Waals surface area contributed by atoms with Gasteiger partial charge in [-0.3, -0.25) is 5.84 Å². The first-order chi connectivity index (χ1) is 8.29. The summed E-state index contributed by atoms with van der Waals surface area (Å²) in [6.07, 6.45) is 4.18. The van der Waals surface area contributed by atoms with Gasteiger partial charge in [0.05, 0.1) is 6.04 Å². The summed E-state index contributed by atoms with van der Waals surface area (Å²) in [5.41, 5.74) is 3.92. The fourth-order valence-electron chi connectivity index (χ4n) is 1.61. The van der Waals surface area contributed by atoms with Crippen LogP contribution in [0.1, 0.15) is 17.4 Å². The zero-order valence-corrected chi connectivity index (χ0v) is 10.8. The summed E-state index contributed by atoms with van der Waals surface area (Å²) in [5.74, 6) is 6.25. The maximum atomic E-state index is 5.55. The number of nitrogens with zero attached hydrogens (tertiary/aromatic N) is 2. The van der Waals surface area contributed by atoms with Crippen LogP contribution in [0.3, 0.4) is 0 Å². The molecule has 2 rings (SSSR count). The molecule has 0 aliphatic carbocycles. The Kier molecular flexibility index (Phi) is 4.19. The molecule has 0 bridgehead atoms. The van der Waals surface area contributed by atoms with Crippen molar-refractivity contribution < 1.29 is 0 Å². The van der Waals surface area contributed by atoms with E-state index in [1.165, 1.54) is 5.56 Å². The molecule has 0 aliphatic heterocycles. The zero-order chi connectivity index (χ0) is 12.1. The number of halogens is 1. The zero-order valence-electron chi connectivity index (χ0n) is 9.18. The molecule has 5 heteroatoms. The normalized spacial score (nSPS) is 12.4. The topological polar surface area (TPSA) is 63.8 Å². The van der Waals surface area contributed by atoms with Gasteiger partial charge in [0.1, 0.15) is 5.82 Å². The molecular weight excluding hydrogens is 280 g/mol. The van der Waals surface area contributed by atoms with E-state index in [1.54, 1.807) is 18.5 Å². The fraction of sp³-hybridized carbons (Fsp3) is 0.167. The summed E-state index contributed by atoms with van der Waals surface area (Å²) in [7, 11) is 0. The van der Waals surface area contributed by atoms with Crippen molar-refractivity contribution in [2.45, 2.75) is 12.5 Å². The van der Waals surface area contributed by atoms with E-state index < -0.39 is 0 Å². The van der Waals surface area contributed by atoms with Crippen LogP contribution in [-0.2, 0) is 6.42 Å². The first kappa shape index (κ1) is 12.2. The molecule has 4 nitrogen and oxygen atoms in total. The van der Waals surface area contributed by atoms with E-state index >= 15 is 0 Å². The van der Waals surface area contributed by atoms with Crippen molar-refractivity contribution in [1.82, 2.24) is 15.4 Å². The van der Waals surface area contributed by atoms with Gasteiger partial charge in [-0.15, -0.1) is 0 Å². The first-order valence-corrected chi connectivity index (χ1v) is 6.06. The number of nitrogens with one attached hydrogen (secondary N) is 1. The van der Waals surface area contributed by atoms with Crippen molar-refractivity contribution in [2.24, 2.45) is 5.84 Å². The molecular formula is C12H13BrN4. The summed E-state index contributed by atoms with van der Waals surface area (Å²) < 4.78 is 1.06. The third-order valence-electron chi connectivity index (χ3n) is 2.43. The van der Waals surface area contributed by atoms with Crippen molar-refractivity contribution in [3.8, 4) is 0 Å². The minimum atomic E-state index is -0.0782. The van der Waals surface area contributed by atoms with Crippen molar-refractivity contribution in [1.29, 1.82) is 0 Å². The van der Waals surface area contributed by atoms with Crippen molar-refractivity contribution in [2.75, 3.05) is 0 Å². The maximum Gasteiger partial charge on any atom is 0.146 e. The van der Waals surface area contributed by atoms with E-state index in [4.69, 9.17) is 5.84 Å². The van der Waals surface area contributed by atoms with Gasteiger partial charge in [-0.1, -0.05) is 28.1 Å². The molecule has 88 valence electrons. The predicted octanol–water partition coefficient (Wildman–Crippen LogP) is 1.99. The van der Waals surface area contributed by atoms with Crippen LogP contribution in [0, 0.1) is 0 Å². The second-order valence-electron chi connectivity index (χ2n) is 3.66. The number of aromatic nitrogens is 2. The molecule has 0 fully saturated rings. The van der Waals surface area contributed by atoms with Crippen molar-refractivity contribution in [3.63, 3.8) is 0 Å². The standard InChI is InChI=1S/C12H13BrN4/c13-10-4-1-3-9(7-10)8-11(17-14)12-15-5-2-6-16-12/h1-7,11,17H,8,14H2. The van der Waals surface area contributed by atoms with Crippen LogP contribution in [0.5, 0.6) is 0 Å². The molecule has 1 heterocycles. The van der Waals surface area contributed by atoms with Crippen LogP contribution in [-0.4, -0.2) is 9.97 Å². The summed E-state index contributed by atoms with van der Waals surface area (Å²) in [4.78, 5) is 8.41. The second-order valence-corrected chi connectivity index (χ2v) is 4.58. The van der Waals surface area contributed by atoms with Crippen LogP contribution in [0.4, 0.5) is 0 Å². The summed E-state index contributed by atoms with van der Waals surface area (Å²) in [5, 5.41) is 0. The summed E-state index contributed by atoms with van der Waals surface area (Å²) >= 11 is 3.45. The van der Waals surface area contributed by atoms with Crippen molar-refractivity contribution >= 4 is 15.9 Å². The van der Waals surface area contributed by atoms with Gasteiger partial charge in [0.25, 0.3) is 0 Å². The van der Waals surface area contributed by atoms with E-state index in [0.717, 1.165) is 10.9 Å². The Hall–Kier alpha value is -1.30. The van der Waals surface area contributed by atoms with Crippen LogP contribution < -0.4 is 11.3 Å². The van der Waals surface area contributed by atoms with Gasteiger partial charge in [0.15, 0.2) is 0 Å². The Morgan fingerprint density at radius 1 is 1.24 bits per heavy atom. The van der Waals surface area contributed by atoms with Crippen molar-refractivity contribution in [3.05, 3.63) is 58.6 Å². The first-order valence-electron chi connectivity index (χ1n) is 5.27. The quantitative estimate of drug-likeness (QED) is 0.668. The average molecular weight is 293 g/mol. The highest BCUT2D eigenvalue weighted by Crippen LogP contribution is 2.17. The highest BCUT2D eigenvalue weighted by molar-refractivity contribution is 9.10. The smallest absolute Gasteiger partial charge is 0.146 e. The van der Waals surface area contributed by atoms with E-state index in [1.807, 2.05) is 12.1 Å². The average Bonchev–Trinajstić information content (AvgIpc) is 2.37. The Labute approximate surface area is 108 Å². The molecule has 0 radical (unpaired) electrons. The van der Waals surface area contributed by atoms with Crippen LogP contribution >= 0.6 is 15.9 Å². The van der Waals surface area contributed by atoms with Gasteiger partial charge >= 0.3 is 0 Å². The lowest BCUT2D eigenvalue weighted by Crippen LogP contribution is -2.30. The molecule has 1 atom stereocenters. The minimum absolute atomic E-state index is 0.0782. The Morgan fingerprint density at radius 2 is 2.00 bits per heavy atom. The summed E-state index contributed by atoms with van der Waals surface area (Å²) in [6.45, 7) is 0. The van der Waals surface area contributed by atoms with Gasteiger partial charge in [0.2, 0.25) is 0 Å². The molecule has 0 amide bonds. The minimum Gasteiger partial charge on any atom is -0.271 e. The number of hydrazine groups is 1. The number of hydrogen-bond acceptors (Lipinski definition) is 4. The van der Waals surface area contributed by atoms with Crippen LogP contribution in [0.15, 0.2) is 47.2 Å². The Morgan fingerprint density at radius 3 is 2.65 bits per heavy atom. The Balaban J connectivity index is 2.16. The highest BCUT2D eigenvalue weighted by Gasteiger charge is 2.12. The maximum absolute atomic E-state index is 5.55. The third kappa shape index (κ3) is 3.33. The lowest BCUT2D eigenvalue weighted by atomic mass is 10.1. The lowest BCUT2D eigenvalue weighted by molar-refractivity contribution is 0.522. The molecule has 1 aromatic heterocycles. The molecule has 3 N–H and O–H groups in total. The van der Waals surface area contributed by atoms with E-state index in [2.05, 4.69) is 43.5 Å². The van der Waals surface area contributed by atoms with Crippen LogP contribution in [0.2, 0.25) is 0 Å². The third-order valence-corrected chi connectivity index (χ3v) is 2.92. The molecule has 1 aromatic carbocycles. The fourth-order valence-corrected chi connectivity index (χ4v) is 2.06. The highest BCUT2D eigenvalue weighted by atomic mass is 79.9. The largest absolute Gasteiger partial charge is 0.271 e. The monoisotopic (exact) mass is 292 g/mol. The molecule has 17 heavy (non-hydrogen) atoms. The number of nitrogens with two attached hydrogens (primary N) is 1. The molecule has 0 saturated heterocycles. The SMILES string of the molecule is NNC(Cc1cccc(Br)c1)c1ncccn1. The lowest BCUT2D eigenvalue weighted by Gasteiger charge is -2.14. The van der Waals surface area contributed by atoms with Gasteiger partial charge in [-0.05, 0) is 30.2 Å². The number of hydrogen-bond donors (Lipinski definition) is 2. The van der Waals surface area contributed by atoms with E-state index in [0.29, 0.717) is 5.82 Å². The molecule has 0 saturated carbocycles. The van der Waals surface area contributed by atoms with E-state index in [-0.39, 0.29) is 6.04 Å².